The monoisotopic (exact) mass is 283 g/mol. The second kappa shape index (κ2) is 5.44. The minimum absolute atomic E-state index is 0.314. The van der Waals surface area contributed by atoms with Gasteiger partial charge < -0.3 is 0 Å². The predicted molar refractivity (Wildman–Crippen MR) is 61.9 cm³/mol. The zero-order valence-electron chi connectivity index (χ0n) is 8.32. The van der Waals surface area contributed by atoms with Crippen molar-refractivity contribution in [2.24, 2.45) is 5.11 Å². The van der Waals surface area contributed by atoms with Crippen molar-refractivity contribution >= 4 is 27.4 Å². The minimum atomic E-state index is -0.680. The molecule has 0 N–H and O–H groups in total. The van der Waals surface area contributed by atoms with Crippen molar-refractivity contribution < 1.29 is 9.18 Å². The van der Waals surface area contributed by atoms with E-state index < -0.39 is 5.91 Å². The Kier molecular flexibility index (Phi) is 4.22. The fourth-order valence-corrected chi connectivity index (χ4v) is 1.46. The molecule has 1 rings (SSSR count). The molecule has 0 aromatic heterocycles. The summed E-state index contributed by atoms with van der Waals surface area (Å²) < 4.78 is 13.3. The van der Waals surface area contributed by atoms with E-state index in [4.69, 9.17) is 5.53 Å². The van der Waals surface area contributed by atoms with E-state index in [1.807, 2.05) is 0 Å². The lowest BCUT2D eigenvalue weighted by molar-refractivity contribution is -0.113. The van der Waals surface area contributed by atoms with E-state index in [1.165, 1.54) is 18.2 Å². The molecule has 0 bridgehead atoms. The van der Waals surface area contributed by atoms with E-state index in [2.05, 4.69) is 26.0 Å². The molecule has 1 aromatic carbocycles. The van der Waals surface area contributed by atoms with Gasteiger partial charge in [0, 0.05) is 4.91 Å². The van der Waals surface area contributed by atoms with Gasteiger partial charge in [0.2, 0.25) is 5.91 Å². The third-order valence-electron chi connectivity index (χ3n) is 1.86. The van der Waals surface area contributed by atoms with Crippen LogP contribution in [0, 0.1) is 5.82 Å². The molecule has 0 fully saturated rings. The number of nitrogens with zero attached hydrogens (tertiary/aromatic N) is 3. The highest BCUT2D eigenvalue weighted by atomic mass is 79.9. The smallest absolute Gasteiger partial charge is 0.242 e. The summed E-state index contributed by atoms with van der Waals surface area (Å²) in [4.78, 5) is 13.4. The molecule has 0 unspecified atom stereocenters. The fourth-order valence-electron chi connectivity index (χ4n) is 1.08. The van der Waals surface area contributed by atoms with E-state index in [1.54, 1.807) is 13.0 Å². The van der Waals surface area contributed by atoms with Gasteiger partial charge in [-0.2, -0.15) is 0 Å². The average Bonchev–Trinajstić information content (AvgIpc) is 2.22. The highest BCUT2D eigenvalue weighted by molar-refractivity contribution is 9.10. The molecule has 0 atom stereocenters. The van der Waals surface area contributed by atoms with Crippen LogP contribution < -0.4 is 0 Å². The maximum absolute atomic E-state index is 12.9. The molecule has 0 aliphatic rings. The first-order valence-corrected chi connectivity index (χ1v) is 5.06. The molecule has 0 radical (unpaired) electrons. The number of amides is 1. The summed E-state index contributed by atoms with van der Waals surface area (Å²) in [6, 6.07) is 4.37. The molecule has 1 amide bonds. The molecule has 0 spiro atoms. The van der Waals surface area contributed by atoms with Crippen LogP contribution >= 0.6 is 15.9 Å². The van der Waals surface area contributed by atoms with E-state index >= 15 is 0 Å². The molecule has 0 saturated heterocycles. The Hall–Kier alpha value is -1.65. The molecule has 0 saturated carbocycles. The van der Waals surface area contributed by atoms with Crippen LogP contribution in [0.2, 0.25) is 0 Å². The summed E-state index contributed by atoms with van der Waals surface area (Å²) >= 11 is 3.04. The quantitative estimate of drug-likeness (QED) is 0.352. The molecular weight excluding hydrogens is 277 g/mol. The second-order valence-electron chi connectivity index (χ2n) is 2.98. The number of azide groups is 1. The van der Waals surface area contributed by atoms with E-state index in [-0.39, 0.29) is 5.82 Å². The van der Waals surface area contributed by atoms with Gasteiger partial charge in [0.05, 0.1) is 4.47 Å². The Balaban J connectivity index is 3.04. The first kappa shape index (κ1) is 12.4. The van der Waals surface area contributed by atoms with Gasteiger partial charge in [-0.25, -0.2) is 4.39 Å². The van der Waals surface area contributed by atoms with Crippen LogP contribution in [0.15, 0.2) is 33.9 Å². The van der Waals surface area contributed by atoms with Crippen LogP contribution in [0.3, 0.4) is 0 Å². The fraction of sp³-hybridized carbons (Fsp3) is 0.100. The zero-order chi connectivity index (χ0) is 12.1. The highest BCUT2D eigenvalue weighted by Gasteiger charge is 2.03. The summed E-state index contributed by atoms with van der Waals surface area (Å²) in [7, 11) is 0. The number of carbonyl (C=O) groups is 1. The van der Waals surface area contributed by atoms with Crippen LogP contribution in [0.25, 0.3) is 16.0 Å². The van der Waals surface area contributed by atoms with E-state index in [0.29, 0.717) is 15.6 Å². The first-order valence-electron chi connectivity index (χ1n) is 4.27. The van der Waals surface area contributed by atoms with Crippen molar-refractivity contribution in [2.45, 2.75) is 6.92 Å². The predicted octanol–water partition coefficient (Wildman–Crippen LogP) is 3.83. The van der Waals surface area contributed by atoms with Gasteiger partial charge in [0.1, 0.15) is 5.82 Å². The van der Waals surface area contributed by atoms with Crippen molar-refractivity contribution in [3.63, 3.8) is 0 Å². The first-order chi connectivity index (χ1) is 7.54. The maximum Gasteiger partial charge on any atom is 0.242 e. The molecular formula is C10H7BrFN3O. The Morgan fingerprint density at radius 2 is 2.31 bits per heavy atom. The third kappa shape index (κ3) is 3.18. The lowest BCUT2D eigenvalue weighted by Gasteiger charge is -2.02. The Labute approximate surface area is 99.5 Å². The summed E-state index contributed by atoms with van der Waals surface area (Å²) in [6.45, 7) is 1.67. The van der Waals surface area contributed by atoms with Crippen LogP contribution in [-0.2, 0) is 4.79 Å². The van der Waals surface area contributed by atoms with Crippen molar-refractivity contribution in [1.82, 2.24) is 0 Å². The SMILES string of the molecule is C/C(=C\C(=O)N=[N+]=[N-])c1ccc(F)c(Br)c1. The summed E-state index contributed by atoms with van der Waals surface area (Å²) in [5, 5.41) is 2.91. The van der Waals surface area contributed by atoms with Crippen molar-refractivity contribution in [3.05, 3.63) is 50.6 Å². The van der Waals surface area contributed by atoms with E-state index in [0.717, 1.165) is 0 Å². The Morgan fingerprint density at radius 1 is 1.62 bits per heavy atom. The van der Waals surface area contributed by atoms with Crippen LogP contribution in [0.4, 0.5) is 4.39 Å². The summed E-state index contributed by atoms with van der Waals surface area (Å²) in [5.74, 6) is -1.06. The molecule has 1 aromatic rings. The van der Waals surface area contributed by atoms with Gasteiger partial charge in [-0.3, -0.25) is 4.79 Å². The Bertz CT molecular complexity index is 507. The van der Waals surface area contributed by atoms with Gasteiger partial charge in [0.15, 0.2) is 0 Å². The topological polar surface area (TPSA) is 65.8 Å². The lowest BCUT2D eigenvalue weighted by Crippen LogP contribution is -1.88. The minimum Gasteiger partial charge on any atom is -0.288 e. The van der Waals surface area contributed by atoms with Gasteiger partial charge in [-0.1, -0.05) is 6.07 Å². The van der Waals surface area contributed by atoms with Crippen LogP contribution in [0.5, 0.6) is 0 Å². The van der Waals surface area contributed by atoms with Crippen molar-refractivity contribution in [1.29, 1.82) is 0 Å². The molecule has 0 aliphatic heterocycles. The molecule has 82 valence electrons. The molecule has 0 aliphatic carbocycles. The van der Waals surface area contributed by atoms with Gasteiger partial charge in [-0.05, 0) is 62.8 Å². The number of hydrogen-bond acceptors (Lipinski definition) is 1. The van der Waals surface area contributed by atoms with Gasteiger partial charge in [-0.15, -0.1) is 0 Å². The third-order valence-corrected chi connectivity index (χ3v) is 2.47. The standard InChI is InChI=1S/C10H7BrFN3O/c1-6(4-10(16)14-15-13)7-2-3-9(12)8(11)5-7/h2-5H,1H3/b6-4+. The molecule has 4 nitrogen and oxygen atoms in total. The van der Waals surface area contributed by atoms with Crippen molar-refractivity contribution in [3.8, 4) is 0 Å². The van der Waals surface area contributed by atoms with Crippen LogP contribution in [-0.4, -0.2) is 5.91 Å². The van der Waals surface area contributed by atoms with Crippen LogP contribution in [0.1, 0.15) is 12.5 Å². The summed E-state index contributed by atoms with van der Waals surface area (Å²) in [6.07, 6.45) is 1.19. The van der Waals surface area contributed by atoms with Gasteiger partial charge in [0.25, 0.3) is 0 Å². The van der Waals surface area contributed by atoms with Gasteiger partial charge >= 0.3 is 0 Å². The second-order valence-corrected chi connectivity index (χ2v) is 3.84. The van der Waals surface area contributed by atoms with E-state index in [9.17, 15) is 9.18 Å². The highest BCUT2D eigenvalue weighted by Crippen LogP contribution is 2.21. The number of halogens is 2. The summed E-state index contributed by atoms with van der Waals surface area (Å²) in [5.41, 5.74) is 9.32. The largest absolute Gasteiger partial charge is 0.288 e. The molecule has 0 heterocycles. The number of carbonyl (C=O) groups excluding carboxylic acids is 1. The number of benzene rings is 1. The normalized spacial score (nSPS) is 10.8. The maximum atomic E-state index is 12.9. The zero-order valence-corrected chi connectivity index (χ0v) is 9.90. The number of hydrogen-bond donors (Lipinski definition) is 0. The lowest BCUT2D eigenvalue weighted by atomic mass is 10.1. The Morgan fingerprint density at radius 3 is 2.88 bits per heavy atom. The van der Waals surface area contributed by atoms with Crippen molar-refractivity contribution in [2.75, 3.05) is 0 Å². The average molecular weight is 284 g/mol. The number of rotatable bonds is 2. The number of allylic oxidation sites excluding steroid dienone is 1. The molecule has 16 heavy (non-hydrogen) atoms. The molecule has 6 heteroatoms.